The van der Waals surface area contributed by atoms with Gasteiger partial charge in [-0.25, -0.2) is 31.4 Å². The fourth-order valence-electron chi connectivity index (χ4n) is 2.46. The summed E-state index contributed by atoms with van der Waals surface area (Å²) in [6, 6.07) is 8.67. The van der Waals surface area contributed by atoms with E-state index in [9.17, 15) is 26.7 Å². The van der Waals surface area contributed by atoms with Gasteiger partial charge in [0.1, 0.15) is 0 Å². The molecule has 3 rings (SSSR count). The van der Waals surface area contributed by atoms with Crippen molar-refractivity contribution >= 4 is 5.97 Å². The van der Waals surface area contributed by atoms with E-state index in [1.54, 1.807) is 18.2 Å². The van der Waals surface area contributed by atoms with Crippen LogP contribution < -0.4 is 0 Å². The Labute approximate surface area is 149 Å². The predicted octanol–water partition coefficient (Wildman–Crippen LogP) is 4.41. The molecule has 0 radical (unpaired) electrons. The lowest BCUT2D eigenvalue weighted by Gasteiger charge is -2.11. The van der Waals surface area contributed by atoms with Gasteiger partial charge in [0.15, 0.2) is 29.0 Å². The van der Waals surface area contributed by atoms with E-state index in [0.29, 0.717) is 0 Å². The number of hydrogen-bond acceptors (Lipinski definition) is 3. The molecule has 3 aromatic rings. The van der Waals surface area contributed by atoms with E-state index in [1.165, 1.54) is 19.1 Å². The van der Waals surface area contributed by atoms with Crippen LogP contribution in [-0.2, 0) is 4.74 Å². The van der Waals surface area contributed by atoms with Gasteiger partial charge >= 0.3 is 5.97 Å². The number of hydrogen-bond donors (Lipinski definition) is 0. The van der Waals surface area contributed by atoms with Crippen LogP contribution in [0.15, 0.2) is 36.4 Å². The van der Waals surface area contributed by atoms with Crippen molar-refractivity contribution in [1.29, 1.82) is 0 Å². The van der Waals surface area contributed by atoms with E-state index < -0.39 is 46.3 Å². The maximum absolute atomic E-state index is 14.3. The van der Waals surface area contributed by atoms with Crippen molar-refractivity contribution in [2.24, 2.45) is 0 Å². The van der Waals surface area contributed by atoms with Gasteiger partial charge in [0.2, 0.25) is 5.82 Å². The minimum Gasteiger partial charge on any atom is -0.461 e. The standard InChI is InChI=1S/C18H11F5N2O2/c1-2-27-18(26)10-8-11(25(24-10)9-6-4-3-5-7-9)12-13(19)15(21)17(23)16(22)14(12)20/h3-8H,2H2,1H3. The quantitative estimate of drug-likeness (QED) is 0.291. The van der Waals surface area contributed by atoms with Crippen LogP contribution in [-0.4, -0.2) is 22.4 Å². The van der Waals surface area contributed by atoms with E-state index in [2.05, 4.69) is 5.10 Å². The first kappa shape index (κ1) is 18.6. The van der Waals surface area contributed by atoms with Crippen LogP contribution in [0.1, 0.15) is 17.4 Å². The molecule has 9 heteroatoms. The molecule has 0 N–H and O–H groups in total. The summed E-state index contributed by atoms with van der Waals surface area (Å²) in [5.74, 6) is -11.4. The molecule has 1 aromatic heterocycles. The first-order chi connectivity index (χ1) is 12.9. The minimum absolute atomic E-state index is 0.00882. The summed E-state index contributed by atoms with van der Waals surface area (Å²) in [4.78, 5) is 11.9. The molecule has 0 fully saturated rings. The lowest BCUT2D eigenvalue weighted by atomic mass is 10.1. The highest BCUT2D eigenvalue weighted by Gasteiger charge is 2.30. The van der Waals surface area contributed by atoms with Crippen molar-refractivity contribution in [2.45, 2.75) is 6.92 Å². The second-order valence-corrected chi connectivity index (χ2v) is 5.33. The van der Waals surface area contributed by atoms with E-state index in [1.807, 2.05) is 0 Å². The monoisotopic (exact) mass is 382 g/mol. The molecule has 2 aromatic carbocycles. The largest absolute Gasteiger partial charge is 0.461 e. The normalized spacial score (nSPS) is 10.9. The first-order valence-electron chi connectivity index (χ1n) is 7.71. The molecular weight excluding hydrogens is 371 g/mol. The van der Waals surface area contributed by atoms with Crippen LogP contribution in [0.4, 0.5) is 22.0 Å². The van der Waals surface area contributed by atoms with E-state index in [0.717, 1.165) is 10.7 Å². The van der Waals surface area contributed by atoms with Crippen molar-refractivity contribution < 1.29 is 31.5 Å². The summed E-state index contributed by atoms with van der Waals surface area (Å²) in [5.41, 5.74) is -1.79. The average Bonchev–Trinajstić information content (AvgIpc) is 3.11. The Hall–Kier alpha value is -3.23. The summed E-state index contributed by atoms with van der Waals surface area (Å²) in [6.07, 6.45) is 0. The van der Waals surface area contributed by atoms with Gasteiger partial charge in [-0.3, -0.25) is 0 Å². The molecule has 0 aliphatic carbocycles. The number of aromatic nitrogens is 2. The van der Waals surface area contributed by atoms with E-state index in [4.69, 9.17) is 4.74 Å². The highest BCUT2D eigenvalue weighted by molar-refractivity contribution is 5.89. The molecule has 0 unspecified atom stereocenters. The third kappa shape index (κ3) is 3.16. The predicted molar refractivity (Wildman–Crippen MR) is 84.7 cm³/mol. The Morgan fingerprint density at radius 3 is 2.07 bits per heavy atom. The summed E-state index contributed by atoms with van der Waals surface area (Å²) in [5, 5.41) is 3.91. The van der Waals surface area contributed by atoms with Crippen molar-refractivity contribution in [3.8, 4) is 16.9 Å². The van der Waals surface area contributed by atoms with Gasteiger partial charge in [0.05, 0.1) is 23.6 Å². The Bertz CT molecular complexity index is 989. The van der Waals surface area contributed by atoms with Crippen molar-refractivity contribution in [2.75, 3.05) is 6.61 Å². The fourth-order valence-corrected chi connectivity index (χ4v) is 2.46. The van der Waals surface area contributed by atoms with Gasteiger partial charge in [-0.1, -0.05) is 18.2 Å². The van der Waals surface area contributed by atoms with Gasteiger partial charge in [-0.2, -0.15) is 5.10 Å². The number of ether oxygens (including phenoxy) is 1. The molecule has 0 aliphatic heterocycles. The zero-order valence-corrected chi connectivity index (χ0v) is 13.8. The van der Waals surface area contributed by atoms with Crippen molar-refractivity contribution in [3.05, 3.63) is 71.2 Å². The molecule has 1 heterocycles. The van der Waals surface area contributed by atoms with Gasteiger partial charge in [-0.15, -0.1) is 0 Å². The van der Waals surface area contributed by atoms with Crippen LogP contribution in [0.3, 0.4) is 0 Å². The summed E-state index contributed by atoms with van der Waals surface area (Å²) >= 11 is 0. The third-order valence-electron chi connectivity index (χ3n) is 3.66. The molecule has 0 saturated heterocycles. The Morgan fingerprint density at radius 2 is 1.52 bits per heavy atom. The second-order valence-electron chi connectivity index (χ2n) is 5.33. The van der Waals surface area contributed by atoms with E-state index in [-0.39, 0.29) is 18.0 Å². The molecule has 27 heavy (non-hydrogen) atoms. The van der Waals surface area contributed by atoms with E-state index >= 15 is 0 Å². The van der Waals surface area contributed by atoms with Crippen LogP contribution in [0.2, 0.25) is 0 Å². The highest BCUT2D eigenvalue weighted by atomic mass is 19.2. The molecular formula is C18H11F5N2O2. The number of halogens is 5. The molecule has 0 spiro atoms. The zero-order chi connectivity index (χ0) is 19.7. The molecule has 0 bridgehead atoms. The van der Waals surface area contributed by atoms with Crippen LogP contribution in [0, 0.1) is 29.1 Å². The van der Waals surface area contributed by atoms with Gasteiger partial charge in [-0.05, 0) is 25.1 Å². The van der Waals surface area contributed by atoms with Gasteiger partial charge < -0.3 is 4.74 Å². The minimum atomic E-state index is -2.27. The maximum Gasteiger partial charge on any atom is 0.358 e. The Morgan fingerprint density at radius 1 is 0.963 bits per heavy atom. The van der Waals surface area contributed by atoms with Gasteiger partial charge in [0.25, 0.3) is 0 Å². The number of carbonyl (C=O) groups excluding carboxylic acids is 1. The van der Waals surface area contributed by atoms with Crippen molar-refractivity contribution in [1.82, 2.24) is 9.78 Å². The summed E-state index contributed by atoms with van der Waals surface area (Å²) in [6.45, 7) is 1.55. The number of nitrogens with zero attached hydrogens (tertiary/aromatic N) is 2. The highest BCUT2D eigenvalue weighted by Crippen LogP contribution is 2.33. The summed E-state index contributed by atoms with van der Waals surface area (Å²) in [7, 11) is 0. The molecule has 140 valence electrons. The Kier molecular flexibility index (Phi) is 4.93. The van der Waals surface area contributed by atoms with Crippen LogP contribution in [0.5, 0.6) is 0 Å². The molecule has 0 saturated carbocycles. The first-order valence-corrected chi connectivity index (χ1v) is 7.71. The third-order valence-corrected chi connectivity index (χ3v) is 3.66. The van der Waals surface area contributed by atoms with Crippen LogP contribution in [0.25, 0.3) is 16.9 Å². The number of rotatable bonds is 4. The number of para-hydroxylation sites is 1. The Balaban J connectivity index is 2.32. The van der Waals surface area contributed by atoms with Gasteiger partial charge in [0, 0.05) is 0 Å². The average molecular weight is 382 g/mol. The number of esters is 1. The molecule has 0 amide bonds. The number of benzene rings is 2. The zero-order valence-electron chi connectivity index (χ0n) is 13.8. The summed E-state index contributed by atoms with van der Waals surface area (Å²) < 4.78 is 74.8. The second kappa shape index (κ2) is 7.18. The number of carbonyl (C=O) groups is 1. The van der Waals surface area contributed by atoms with Crippen LogP contribution >= 0.6 is 0 Å². The fraction of sp³-hybridized carbons (Fsp3) is 0.111. The topological polar surface area (TPSA) is 44.1 Å². The maximum atomic E-state index is 14.3. The molecule has 4 nitrogen and oxygen atoms in total. The smallest absolute Gasteiger partial charge is 0.358 e. The molecule has 0 atom stereocenters. The van der Waals surface area contributed by atoms with Crippen molar-refractivity contribution in [3.63, 3.8) is 0 Å². The lowest BCUT2D eigenvalue weighted by Crippen LogP contribution is -2.08. The molecule has 0 aliphatic rings. The lowest BCUT2D eigenvalue weighted by molar-refractivity contribution is 0.0519. The SMILES string of the molecule is CCOC(=O)c1cc(-c2c(F)c(F)c(F)c(F)c2F)n(-c2ccccc2)n1.